The van der Waals surface area contributed by atoms with Gasteiger partial charge in [0.15, 0.2) is 0 Å². The van der Waals surface area contributed by atoms with Crippen molar-refractivity contribution < 1.29 is 23.5 Å². The molecule has 3 unspecified atom stereocenters. The minimum absolute atomic E-state index is 0.0223. The first-order valence-electron chi connectivity index (χ1n) is 9.16. The van der Waals surface area contributed by atoms with Gasteiger partial charge in [-0.15, -0.1) is 0 Å². The van der Waals surface area contributed by atoms with Crippen molar-refractivity contribution in [3.63, 3.8) is 0 Å². The van der Waals surface area contributed by atoms with Gasteiger partial charge in [-0.05, 0) is 37.2 Å². The fraction of sp³-hybridized carbons (Fsp3) is 0.632. The van der Waals surface area contributed by atoms with Crippen molar-refractivity contribution in [3.05, 3.63) is 35.9 Å². The number of ether oxygens (including phenoxy) is 1. The lowest BCUT2D eigenvalue weighted by atomic mass is 9.99. The van der Waals surface area contributed by atoms with Gasteiger partial charge < -0.3 is 19.5 Å². The summed E-state index contributed by atoms with van der Waals surface area (Å²) in [6.07, 6.45) is 0.610. The maximum Gasteiger partial charge on any atom is 0.407 e. The molecule has 0 saturated heterocycles. The van der Waals surface area contributed by atoms with E-state index < -0.39 is 13.7 Å². The lowest BCUT2D eigenvalue weighted by Gasteiger charge is -2.24. The summed E-state index contributed by atoms with van der Waals surface area (Å²) in [5.74, 6) is 0.185. The van der Waals surface area contributed by atoms with E-state index in [2.05, 4.69) is 5.32 Å². The van der Waals surface area contributed by atoms with Gasteiger partial charge in [0, 0.05) is 6.54 Å². The molecule has 1 rings (SSSR count). The molecular formula is C19H32NO5P. The van der Waals surface area contributed by atoms with Gasteiger partial charge >= 0.3 is 13.7 Å². The SMILES string of the molecule is CCC(C)OP(=O)(O)CC(CNC(=O)OCc1ccccc1)CC(C)C. The Morgan fingerprint density at radius 2 is 1.88 bits per heavy atom. The summed E-state index contributed by atoms with van der Waals surface area (Å²) >= 11 is 0. The normalized spacial score (nSPS) is 15.9. The Balaban J connectivity index is 2.50. The number of amides is 1. The first-order valence-corrected chi connectivity index (χ1v) is 10.9. The number of hydrogen-bond donors (Lipinski definition) is 2. The van der Waals surface area contributed by atoms with E-state index in [1.807, 2.05) is 51.1 Å². The summed E-state index contributed by atoms with van der Waals surface area (Å²) in [5.41, 5.74) is 0.906. The van der Waals surface area contributed by atoms with Crippen LogP contribution in [0.1, 0.15) is 46.1 Å². The second kappa shape index (κ2) is 11.4. The van der Waals surface area contributed by atoms with E-state index in [0.29, 0.717) is 18.8 Å². The zero-order chi connectivity index (χ0) is 19.6. The number of nitrogens with one attached hydrogen (secondary N) is 1. The summed E-state index contributed by atoms with van der Waals surface area (Å²) in [5, 5.41) is 2.70. The number of carbonyl (C=O) groups is 1. The summed E-state index contributed by atoms with van der Waals surface area (Å²) < 4.78 is 22.8. The Hall–Kier alpha value is -1.36. The zero-order valence-corrected chi connectivity index (χ0v) is 17.1. The van der Waals surface area contributed by atoms with Gasteiger partial charge in [-0.2, -0.15) is 0 Å². The molecule has 2 N–H and O–H groups in total. The molecule has 0 spiro atoms. The van der Waals surface area contributed by atoms with Crippen LogP contribution in [0.4, 0.5) is 4.79 Å². The van der Waals surface area contributed by atoms with Crippen LogP contribution >= 0.6 is 7.60 Å². The molecule has 1 aromatic carbocycles. The van der Waals surface area contributed by atoms with Crippen LogP contribution in [0.15, 0.2) is 30.3 Å². The monoisotopic (exact) mass is 385 g/mol. The van der Waals surface area contributed by atoms with E-state index >= 15 is 0 Å². The molecule has 148 valence electrons. The van der Waals surface area contributed by atoms with Gasteiger partial charge in [0.05, 0.1) is 12.3 Å². The molecule has 0 aliphatic carbocycles. The molecule has 6 nitrogen and oxygen atoms in total. The van der Waals surface area contributed by atoms with E-state index in [0.717, 1.165) is 5.56 Å². The molecule has 26 heavy (non-hydrogen) atoms. The molecule has 0 heterocycles. The van der Waals surface area contributed by atoms with Crippen LogP contribution in [-0.2, 0) is 20.4 Å². The Morgan fingerprint density at radius 1 is 1.23 bits per heavy atom. The molecule has 0 aromatic heterocycles. The molecule has 3 atom stereocenters. The van der Waals surface area contributed by atoms with Crippen LogP contribution < -0.4 is 5.32 Å². The highest BCUT2D eigenvalue weighted by Gasteiger charge is 2.28. The van der Waals surface area contributed by atoms with Gasteiger partial charge in [0.1, 0.15) is 6.61 Å². The Bertz CT molecular complexity index is 579. The molecule has 0 bridgehead atoms. The fourth-order valence-electron chi connectivity index (χ4n) is 2.62. The van der Waals surface area contributed by atoms with E-state index in [1.165, 1.54) is 0 Å². The van der Waals surface area contributed by atoms with Crippen molar-refractivity contribution in [2.75, 3.05) is 12.7 Å². The van der Waals surface area contributed by atoms with Gasteiger partial charge in [-0.3, -0.25) is 4.57 Å². The minimum atomic E-state index is -3.69. The number of benzene rings is 1. The van der Waals surface area contributed by atoms with Crippen LogP contribution in [-0.4, -0.2) is 29.8 Å². The Labute approximate surface area is 156 Å². The lowest BCUT2D eigenvalue weighted by molar-refractivity contribution is 0.137. The Kier molecular flexibility index (Phi) is 9.92. The minimum Gasteiger partial charge on any atom is -0.445 e. The molecule has 1 aromatic rings. The third-order valence-electron chi connectivity index (χ3n) is 3.96. The average Bonchev–Trinajstić information content (AvgIpc) is 2.57. The molecule has 0 fully saturated rings. The van der Waals surface area contributed by atoms with Crippen molar-refractivity contribution in [2.45, 2.75) is 53.2 Å². The summed E-state index contributed by atoms with van der Waals surface area (Å²) in [6, 6.07) is 9.41. The Morgan fingerprint density at radius 3 is 2.46 bits per heavy atom. The number of rotatable bonds is 11. The van der Waals surface area contributed by atoms with Crippen molar-refractivity contribution in [2.24, 2.45) is 11.8 Å². The van der Waals surface area contributed by atoms with Crippen molar-refractivity contribution in [3.8, 4) is 0 Å². The third kappa shape index (κ3) is 9.95. The molecule has 0 aliphatic heterocycles. The standard InChI is InChI=1S/C19H32NO5P/c1-5-16(4)25-26(22,23)14-18(11-15(2)3)12-20-19(21)24-13-17-9-7-6-8-10-17/h6-10,15-16,18H,5,11-14H2,1-4H3,(H,20,21)(H,22,23). The van der Waals surface area contributed by atoms with Gasteiger partial charge in [0.2, 0.25) is 0 Å². The van der Waals surface area contributed by atoms with Gasteiger partial charge in [0.25, 0.3) is 0 Å². The topological polar surface area (TPSA) is 84.9 Å². The smallest absolute Gasteiger partial charge is 0.407 e. The van der Waals surface area contributed by atoms with Crippen LogP contribution in [0.3, 0.4) is 0 Å². The highest BCUT2D eigenvalue weighted by Crippen LogP contribution is 2.46. The second-order valence-electron chi connectivity index (χ2n) is 7.08. The average molecular weight is 385 g/mol. The largest absolute Gasteiger partial charge is 0.445 e. The maximum atomic E-state index is 12.3. The zero-order valence-electron chi connectivity index (χ0n) is 16.2. The van der Waals surface area contributed by atoms with Crippen LogP contribution in [0.25, 0.3) is 0 Å². The fourth-order valence-corrected chi connectivity index (χ4v) is 4.34. The number of carbonyl (C=O) groups excluding carboxylic acids is 1. The molecule has 1 amide bonds. The van der Waals surface area contributed by atoms with E-state index in [1.54, 1.807) is 6.92 Å². The molecule has 0 aliphatic rings. The van der Waals surface area contributed by atoms with E-state index in [4.69, 9.17) is 9.26 Å². The summed E-state index contributed by atoms with van der Waals surface area (Å²) in [6.45, 7) is 8.23. The van der Waals surface area contributed by atoms with Crippen molar-refractivity contribution >= 4 is 13.7 Å². The van der Waals surface area contributed by atoms with Crippen molar-refractivity contribution in [1.29, 1.82) is 0 Å². The van der Waals surface area contributed by atoms with Gasteiger partial charge in [-0.25, -0.2) is 4.79 Å². The number of alkyl carbamates (subject to hydrolysis) is 1. The van der Waals surface area contributed by atoms with Crippen molar-refractivity contribution in [1.82, 2.24) is 5.32 Å². The second-order valence-corrected chi connectivity index (χ2v) is 8.93. The van der Waals surface area contributed by atoms with Gasteiger partial charge in [-0.1, -0.05) is 51.1 Å². The first kappa shape index (κ1) is 22.7. The van der Waals surface area contributed by atoms with Crippen LogP contribution in [0.5, 0.6) is 0 Å². The van der Waals surface area contributed by atoms with Crippen LogP contribution in [0, 0.1) is 11.8 Å². The summed E-state index contributed by atoms with van der Waals surface area (Å²) in [7, 11) is -3.69. The molecule has 7 heteroatoms. The number of hydrogen-bond acceptors (Lipinski definition) is 4. The molecular weight excluding hydrogens is 353 g/mol. The quantitative estimate of drug-likeness (QED) is 0.545. The predicted octanol–water partition coefficient (Wildman–Crippen LogP) is 4.58. The lowest BCUT2D eigenvalue weighted by Crippen LogP contribution is -2.32. The third-order valence-corrected chi connectivity index (χ3v) is 5.63. The highest BCUT2D eigenvalue weighted by atomic mass is 31.2. The van der Waals surface area contributed by atoms with E-state index in [-0.39, 0.29) is 31.3 Å². The highest BCUT2D eigenvalue weighted by molar-refractivity contribution is 7.52. The molecule has 0 saturated carbocycles. The maximum absolute atomic E-state index is 12.3. The first-order chi connectivity index (χ1) is 12.2. The predicted molar refractivity (Wildman–Crippen MR) is 103 cm³/mol. The van der Waals surface area contributed by atoms with E-state index in [9.17, 15) is 14.3 Å². The molecule has 0 radical (unpaired) electrons. The van der Waals surface area contributed by atoms with Crippen LogP contribution in [0.2, 0.25) is 0 Å². The summed E-state index contributed by atoms with van der Waals surface area (Å²) in [4.78, 5) is 22.0.